The summed E-state index contributed by atoms with van der Waals surface area (Å²) in [5.41, 5.74) is 0. The maximum Gasteiger partial charge on any atom is 0.0593 e. The minimum absolute atomic E-state index is 0.837. The predicted octanol–water partition coefficient (Wildman–Crippen LogP) is 0.250. The van der Waals surface area contributed by atoms with E-state index in [9.17, 15) is 0 Å². The SMILES string of the molecule is CCOCCN1CCN(CCCNC)CC1. The van der Waals surface area contributed by atoms with Gasteiger partial charge in [0.15, 0.2) is 0 Å². The second-order valence-electron chi connectivity index (χ2n) is 4.34. The molecule has 1 saturated heterocycles. The summed E-state index contributed by atoms with van der Waals surface area (Å²) in [7, 11) is 2.02. The summed E-state index contributed by atoms with van der Waals surface area (Å²) in [6.07, 6.45) is 1.26. The number of ether oxygens (including phenoxy) is 1. The highest BCUT2D eigenvalue weighted by Gasteiger charge is 2.15. The highest BCUT2D eigenvalue weighted by atomic mass is 16.5. The third-order valence-corrected chi connectivity index (χ3v) is 3.12. The van der Waals surface area contributed by atoms with Crippen LogP contribution in [0.15, 0.2) is 0 Å². The quantitative estimate of drug-likeness (QED) is 0.604. The van der Waals surface area contributed by atoms with Gasteiger partial charge in [0.1, 0.15) is 0 Å². The first kappa shape index (κ1) is 13.9. The fourth-order valence-corrected chi connectivity index (χ4v) is 2.05. The molecular formula is C12H27N3O. The third-order valence-electron chi connectivity index (χ3n) is 3.12. The van der Waals surface area contributed by atoms with E-state index in [-0.39, 0.29) is 0 Å². The van der Waals surface area contributed by atoms with Crippen molar-refractivity contribution >= 4 is 0 Å². The summed E-state index contributed by atoms with van der Waals surface area (Å²) in [5, 5.41) is 3.20. The van der Waals surface area contributed by atoms with E-state index >= 15 is 0 Å². The molecule has 4 heteroatoms. The normalized spacial score (nSPS) is 19.1. The van der Waals surface area contributed by atoms with Gasteiger partial charge in [0.25, 0.3) is 0 Å². The van der Waals surface area contributed by atoms with Crippen LogP contribution in [-0.4, -0.2) is 75.9 Å². The molecule has 1 N–H and O–H groups in total. The van der Waals surface area contributed by atoms with Crippen LogP contribution in [0.1, 0.15) is 13.3 Å². The molecule has 1 fully saturated rings. The number of piperazine rings is 1. The molecule has 0 radical (unpaired) electrons. The summed E-state index contributed by atoms with van der Waals surface area (Å²) in [4.78, 5) is 5.07. The number of rotatable bonds is 8. The number of hydrogen-bond donors (Lipinski definition) is 1. The number of hydrogen-bond acceptors (Lipinski definition) is 4. The molecule has 1 rings (SSSR count). The molecule has 4 nitrogen and oxygen atoms in total. The minimum atomic E-state index is 0.837. The second kappa shape index (κ2) is 8.93. The molecule has 16 heavy (non-hydrogen) atoms. The van der Waals surface area contributed by atoms with Crippen LogP contribution in [-0.2, 0) is 4.74 Å². The second-order valence-corrected chi connectivity index (χ2v) is 4.34. The zero-order chi connectivity index (χ0) is 11.6. The monoisotopic (exact) mass is 229 g/mol. The van der Waals surface area contributed by atoms with Gasteiger partial charge < -0.3 is 15.0 Å². The topological polar surface area (TPSA) is 27.7 Å². The lowest BCUT2D eigenvalue weighted by Crippen LogP contribution is -2.47. The Hall–Kier alpha value is -0.160. The molecule has 0 spiro atoms. The van der Waals surface area contributed by atoms with Crippen molar-refractivity contribution in [3.8, 4) is 0 Å². The van der Waals surface area contributed by atoms with E-state index in [1.165, 1.54) is 39.1 Å². The van der Waals surface area contributed by atoms with Gasteiger partial charge in [-0.3, -0.25) is 4.90 Å². The Balaban J connectivity index is 2.00. The largest absolute Gasteiger partial charge is 0.380 e. The van der Waals surface area contributed by atoms with E-state index in [0.29, 0.717) is 0 Å². The predicted molar refractivity (Wildman–Crippen MR) is 67.9 cm³/mol. The summed E-state index contributed by atoms with van der Waals surface area (Å²) in [6, 6.07) is 0. The van der Waals surface area contributed by atoms with Crippen LogP contribution in [0.3, 0.4) is 0 Å². The molecule has 0 saturated carbocycles. The van der Waals surface area contributed by atoms with Crippen molar-refractivity contribution in [2.45, 2.75) is 13.3 Å². The van der Waals surface area contributed by atoms with Crippen molar-refractivity contribution < 1.29 is 4.74 Å². The summed E-state index contributed by atoms with van der Waals surface area (Å²) in [5.74, 6) is 0. The summed E-state index contributed by atoms with van der Waals surface area (Å²) in [6.45, 7) is 12.1. The fourth-order valence-electron chi connectivity index (χ4n) is 2.05. The molecule has 0 unspecified atom stereocenters. The van der Waals surface area contributed by atoms with Gasteiger partial charge in [0.2, 0.25) is 0 Å². The van der Waals surface area contributed by atoms with Gasteiger partial charge in [-0.05, 0) is 33.5 Å². The molecule has 1 heterocycles. The molecule has 0 atom stereocenters. The first-order valence-corrected chi connectivity index (χ1v) is 6.54. The van der Waals surface area contributed by atoms with Crippen LogP contribution in [0.25, 0.3) is 0 Å². The highest BCUT2D eigenvalue weighted by molar-refractivity contribution is 4.71. The average molecular weight is 229 g/mol. The smallest absolute Gasteiger partial charge is 0.0593 e. The maximum absolute atomic E-state index is 5.38. The van der Waals surface area contributed by atoms with Crippen molar-refractivity contribution in [1.82, 2.24) is 15.1 Å². The Morgan fingerprint density at radius 2 is 1.69 bits per heavy atom. The van der Waals surface area contributed by atoms with E-state index in [1.54, 1.807) is 0 Å². The Morgan fingerprint density at radius 1 is 1.06 bits per heavy atom. The van der Waals surface area contributed by atoms with Gasteiger partial charge in [-0.15, -0.1) is 0 Å². The van der Waals surface area contributed by atoms with Crippen LogP contribution < -0.4 is 5.32 Å². The first-order chi connectivity index (χ1) is 7.86. The number of nitrogens with zero attached hydrogens (tertiary/aromatic N) is 2. The first-order valence-electron chi connectivity index (χ1n) is 6.54. The van der Waals surface area contributed by atoms with Crippen molar-refractivity contribution in [2.75, 3.05) is 66.1 Å². The zero-order valence-electron chi connectivity index (χ0n) is 10.9. The standard InChI is InChI=1S/C12H27N3O/c1-3-16-12-11-15-9-7-14(8-10-15)6-4-5-13-2/h13H,3-12H2,1-2H3. The van der Waals surface area contributed by atoms with Gasteiger partial charge >= 0.3 is 0 Å². The van der Waals surface area contributed by atoms with Crippen LogP contribution in [0.5, 0.6) is 0 Å². The molecule has 0 aliphatic carbocycles. The third kappa shape index (κ3) is 5.80. The van der Waals surface area contributed by atoms with Gasteiger partial charge in [-0.25, -0.2) is 0 Å². The lowest BCUT2D eigenvalue weighted by Gasteiger charge is -2.34. The Labute approximate surface area is 99.9 Å². The Morgan fingerprint density at radius 3 is 2.25 bits per heavy atom. The molecule has 1 aliphatic heterocycles. The summed E-state index contributed by atoms with van der Waals surface area (Å²) < 4.78 is 5.38. The molecule has 0 aromatic carbocycles. The van der Waals surface area contributed by atoms with E-state index in [4.69, 9.17) is 4.74 Å². The molecule has 1 aliphatic rings. The van der Waals surface area contributed by atoms with E-state index in [1.807, 2.05) is 7.05 Å². The minimum Gasteiger partial charge on any atom is -0.380 e. The van der Waals surface area contributed by atoms with Gasteiger partial charge in [0.05, 0.1) is 6.61 Å². The highest BCUT2D eigenvalue weighted by Crippen LogP contribution is 2.01. The molecular weight excluding hydrogens is 202 g/mol. The Kier molecular flexibility index (Phi) is 7.76. The lowest BCUT2D eigenvalue weighted by molar-refractivity contribution is 0.0806. The molecule has 0 amide bonds. The van der Waals surface area contributed by atoms with Gasteiger partial charge in [-0.1, -0.05) is 0 Å². The molecule has 0 bridgehead atoms. The van der Waals surface area contributed by atoms with E-state index < -0.39 is 0 Å². The lowest BCUT2D eigenvalue weighted by atomic mass is 10.3. The summed E-state index contributed by atoms with van der Waals surface area (Å²) >= 11 is 0. The van der Waals surface area contributed by atoms with Gasteiger partial charge in [-0.2, -0.15) is 0 Å². The van der Waals surface area contributed by atoms with E-state index in [2.05, 4.69) is 22.0 Å². The van der Waals surface area contributed by atoms with Crippen molar-refractivity contribution in [2.24, 2.45) is 0 Å². The van der Waals surface area contributed by atoms with Crippen LogP contribution in [0.4, 0.5) is 0 Å². The van der Waals surface area contributed by atoms with Crippen LogP contribution in [0, 0.1) is 0 Å². The fraction of sp³-hybridized carbons (Fsp3) is 1.00. The van der Waals surface area contributed by atoms with Crippen LogP contribution in [0.2, 0.25) is 0 Å². The zero-order valence-corrected chi connectivity index (χ0v) is 10.9. The molecule has 0 aromatic rings. The van der Waals surface area contributed by atoms with Gasteiger partial charge in [0, 0.05) is 39.3 Å². The van der Waals surface area contributed by atoms with E-state index in [0.717, 1.165) is 26.3 Å². The van der Waals surface area contributed by atoms with Crippen molar-refractivity contribution in [1.29, 1.82) is 0 Å². The van der Waals surface area contributed by atoms with Crippen molar-refractivity contribution in [3.63, 3.8) is 0 Å². The molecule has 96 valence electrons. The Bertz CT molecular complexity index is 140. The van der Waals surface area contributed by atoms with Crippen molar-refractivity contribution in [3.05, 3.63) is 0 Å². The van der Waals surface area contributed by atoms with Crippen LogP contribution >= 0.6 is 0 Å². The average Bonchev–Trinajstić information content (AvgIpc) is 2.32. The maximum atomic E-state index is 5.38. The molecule has 0 aromatic heterocycles. The number of nitrogens with one attached hydrogen (secondary N) is 1.